The number of likely N-dealkylation sites (N-methyl/N-ethyl adjacent to an activating group) is 1. The van der Waals surface area contributed by atoms with Crippen molar-refractivity contribution in [2.75, 3.05) is 44.7 Å². The van der Waals surface area contributed by atoms with Gasteiger partial charge in [-0.2, -0.15) is 0 Å². The summed E-state index contributed by atoms with van der Waals surface area (Å²) in [6.45, 7) is 4.62. The standard InChI is InChI=1S/C28H33FN5O6P/c1-2-34(10-12-40-41(36,37)38)9-4-11-39-24-7-8-25-26(17-24)31-19-32-28(25)33-27-16-21(18-30-27)15-23(35)14-20-5-3-6-22(29)13-20/h3,5-8,13,16-17,19H,2,4,9-12,14-15,18H2,1H3,(H2,36,37,38)(H,30,31,32,33). The SMILES string of the molecule is CCN(CCCOc1ccc2c(NC3=NCC(CC(=O)Cc4cccc(F)c4)=C3)ncnc2c1)CCOP(=O)(O)O. The molecule has 0 saturated carbocycles. The van der Waals surface area contributed by atoms with Crippen molar-refractivity contribution in [1.29, 1.82) is 0 Å². The molecule has 0 bridgehead atoms. The van der Waals surface area contributed by atoms with Gasteiger partial charge in [-0.25, -0.2) is 18.9 Å². The van der Waals surface area contributed by atoms with Gasteiger partial charge in [-0.15, -0.1) is 0 Å². The molecule has 0 spiro atoms. The van der Waals surface area contributed by atoms with Crippen LogP contribution in [-0.2, 0) is 20.3 Å². The normalized spacial score (nSPS) is 13.4. The van der Waals surface area contributed by atoms with Crippen LogP contribution >= 0.6 is 7.82 Å². The van der Waals surface area contributed by atoms with E-state index in [0.29, 0.717) is 54.7 Å². The van der Waals surface area contributed by atoms with E-state index in [2.05, 4.69) is 24.8 Å². The van der Waals surface area contributed by atoms with E-state index in [1.165, 1.54) is 18.5 Å². The minimum atomic E-state index is -4.45. The van der Waals surface area contributed by atoms with Gasteiger partial charge in [0.25, 0.3) is 0 Å². The van der Waals surface area contributed by atoms with Gasteiger partial charge in [-0.3, -0.25) is 14.3 Å². The third kappa shape index (κ3) is 9.80. The second-order valence-electron chi connectivity index (χ2n) is 9.51. The summed E-state index contributed by atoms with van der Waals surface area (Å²) >= 11 is 0. The van der Waals surface area contributed by atoms with Crippen LogP contribution in [0.1, 0.15) is 25.3 Å². The van der Waals surface area contributed by atoms with Crippen molar-refractivity contribution in [2.45, 2.75) is 26.2 Å². The van der Waals surface area contributed by atoms with Gasteiger partial charge in [0.15, 0.2) is 0 Å². The third-order valence-corrected chi connectivity index (χ3v) is 6.88. The van der Waals surface area contributed by atoms with Crippen LogP contribution in [0.25, 0.3) is 10.9 Å². The number of nitrogens with zero attached hydrogens (tertiary/aromatic N) is 4. The number of amidine groups is 1. The van der Waals surface area contributed by atoms with E-state index in [0.717, 1.165) is 23.9 Å². The Morgan fingerprint density at radius 1 is 1.12 bits per heavy atom. The van der Waals surface area contributed by atoms with Crippen LogP contribution in [0, 0.1) is 5.82 Å². The van der Waals surface area contributed by atoms with Gasteiger partial charge < -0.3 is 24.7 Å². The molecular weight excluding hydrogens is 552 g/mol. The van der Waals surface area contributed by atoms with Crippen LogP contribution in [0.2, 0.25) is 0 Å². The predicted molar refractivity (Wildman–Crippen MR) is 153 cm³/mol. The molecule has 0 fully saturated rings. The van der Waals surface area contributed by atoms with Crippen LogP contribution in [0.4, 0.5) is 10.2 Å². The van der Waals surface area contributed by atoms with Gasteiger partial charge in [0.05, 0.1) is 25.3 Å². The number of benzene rings is 2. The van der Waals surface area contributed by atoms with E-state index in [4.69, 9.17) is 14.5 Å². The van der Waals surface area contributed by atoms with E-state index < -0.39 is 7.82 Å². The Bertz CT molecular complexity index is 1480. The number of fused-ring (bicyclic) bond motifs is 1. The second kappa shape index (κ2) is 14.4. The highest BCUT2D eigenvalue weighted by Gasteiger charge is 2.16. The number of halogens is 1. The number of carbonyl (C=O) groups excluding carboxylic acids is 1. The fourth-order valence-electron chi connectivity index (χ4n) is 4.39. The number of ether oxygens (including phenoxy) is 1. The fourth-order valence-corrected chi connectivity index (χ4v) is 4.71. The molecule has 3 N–H and O–H groups in total. The Morgan fingerprint density at radius 2 is 1.98 bits per heavy atom. The number of hydrogen-bond donors (Lipinski definition) is 3. The number of phosphoric acid groups is 1. The van der Waals surface area contributed by atoms with E-state index in [9.17, 15) is 13.8 Å². The molecular formula is C28H33FN5O6P. The monoisotopic (exact) mass is 585 g/mol. The zero-order chi connectivity index (χ0) is 29.2. The molecule has 0 unspecified atom stereocenters. The average molecular weight is 586 g/mol. The molecule has 13 heteroatoms. The summed E-state index contributed by atoms with van der Waals surface area (Å²) in [5, 5.41) is 4.00. The summed E-state index contributed by atoms with van der Waals surface area (Å²) in [6, 6.07) is 11.6. The van der Waals surface area contributed by atoms with Gasteiger partial charge in [0.1, 0.15) is 35.3 Å². The van der Waals surface area contributed by atoms with Crippen molar-refractivity contribution in [3.8, 4) is 5.75 Å². The molecule has 41 heavy (non-hydrogen) atoms. The Kier molecular flexibility index (Phi) is 10.7. The topological polar surface area (TPSA) is 146 Å². The van der Waals surface area contributed by atoms with E-state index in [1.54, 1.807) is 12.1 Å². The summed E-state index contributed by atoms with van der Waals surface area (Å²) in [4.78, 5) is 45.3. The lowest BCUT2D eigenvalue weighted by Gasteiger charge is -2.20. The fraction of sp³-hybridized carbons (Fsp3) is 0.357. The van der Waals surface area contributed by atoms with Crippen LogP contribution in [0.15, 0.2) is 65.4 Å². The summed E-state index contributed by atoms with van der Waals surface area (Å²) in [5.74, 6) is 1.48. The lowest BCUT2D eigenvalue weighted by Crippen LogP contribution is -2.29. The van der Waals surface area contributed by atoms with Gasteiger partial charge >= 0.3 is 7.82 Å². The molecule has 218 valence electrons. The minimum Gasteiger partial charge on any atom is -0.493 e. The number of ketones is 1. The first-order valence-corrected chi connectivity index (χ1v) is 14.8. The van der Waals surface area contributed by atoms with Crippen LogP contribution in [0.5, 0.6) is 5.75 Å². The summed E-state index contributed by atoms with van der Waals surface area (Å²) < 4.78 is 34.6. The summed E-state index contributed by atoms with van der Waals surface area (Å²) in [7, 11) is -4.45. The molecule has 11 nitrogen and oxygen atoms in total. The number of Topliss-reactive ketones (excluding diaryl/α,β-unsaturated/α-hetero) is 1. The molecule has 3 aromatic rings. The van der Waals surface area contributed by atoms with Gasteiger partial charge in [-0.05, 0) is 54.4 Å². The number of aliphatic imine (C=N–C) groups is 1. The Labute approximate surface area is 237 Å². The van der Waals surface area contributed by atoms with Gasteiger partial charge in [-0.1, -0.05) is 19.1 Å². The second-order valence-corrected chi connectivity index (χ2v) is 10.8. The van der Waals surface area contributed by atoms with E-state index >= 15 is 0 Å². The molecule has 2 aromatic carbocycles. The lowest BCUT2D eigenvalue weighted by atomic mass is 10.0. The first-order valence-electron chi connectivity index (χ1n) is 13.3. The third-order valence-electron chi connectivity index (χ3n) is 6.36. The molecule has 0 atom stereocenters. The van der Waals surface area contributed by atoms with Crippen molar-refractivity contribution >= 4 is 36.2 Å². The quantitative estimate of drug-likeness (QED) is 0.177. The zero-order valence-electron chi connectivity index (χ0n) is 22.7. The molecule has 1 aliphatic rings. The maximum absolute atomic E-state index is 13.4. The highest BCUT2D eigenvalue weighted by Crippen LogP contribution is 2.35. The maximum Gasteiger partial charge on any atom is 0.469 e. The van der Waals surface area contributed by atoms with Crippen molar-refractivity contribution in [3.05, 3.63) is 71.8 Å². The largest absolute Gasteiger partial charge is 0.493 e. The highest BCUT2D eigenvalue weighted by molar-refractivity contribution is 7.46. The number of rotatable bonds is 15. The summed E-state index contributed by atoms with van der Waals surface area (Å²) in [6.07, 6.45) is 4.43. The number of aromatic nitrogens is 2. The molecule has 0 saturated heterocycles. The molecule has 4 rings (SSSR count). The number of nitrogens with one attached hydrogen (secondary N) is 1. The lowest BCUT2D eigenvalue weighted by molar-refractivity contribution is -0.117. The smallest absolute Gasteiger partial charge is 0.469 e. The number of hydrogen-bond acceptors (Lipinski definition) is 9. The molecule has 1 aromatic heterocycles. The molecule has 1 aliphatic heterocycles. The molecule has 2 heterocycles. The van der Waals surface area contributed by atoms with Crippen molar-refractivity contribution in [1.82, 2.24) is 14.9 Å². The van der Waals surface area contributed by atoms with Crippen LogP contribution in [0.3, 0.4) is 0 Å². The minimum absolute atomic E-state index is 0.00497. The Balaban J connectivity index is 1.27. The van der Waals surface area contributed by atoms with Crippen LogP contribution < -0.4 is 10.1 Å². The van der Waals surface area contributed by atoms with E-state index in [1.807, 2.05) is 36.1 Å². The van der Waals surface area contributed by atoms with Gasteiger partial charge in [0, 0.05) is 37.4 Å². The number of carbonyl (C=O) groups is 1. The average Bonchev–Trinajstić information content (AvgIpc) is 3.35. The van der Waals surface area contributed by atoms with E-state index in [-0.39, 0.29) is 31.0 Å². The first kappa shape index (κ1) is 30.4. The highest BCUT2D eigenvalue weighted by atomic mass is 31.2. The predicted octanol–water partition coefficient (Wildman–Crippen LogP) is 3.92. The van der Waals surface area contributed by atoms with Gasteiger partial charge in [0.2, 0.25) is 0 Å². The number of phosphoric ester groups is 1. The first-order chi connectivity index (χ1) is 19.7. The van der Waals surface area contributed by atoms with Crippen LogP contribution in [-0.4, -0.2) is 75.7 Å². The Hall–Kier alpha value is -3.54. The molecule has 0 radical (unpaired) electrons. The number of anilines is 1. The van der Waals surface area contributed by atoms with Crippen molar-refractivity contribution in [2.24, 2.45) is 4.99 Å². The molecule has 0 amide bonds. The maximum atomic E-state index is 13.4. The summed E-state index contributed by atoms with van der Waals surface area (Å²) in [5.41, 5.74) is 2.22. The van der Waals surface area contributed by atoms with Crippen molar-refractivity contribution < 1.29 is 32.8 Å². The zero-order valence-corrected chi connectivity index (χ0v) is 23.6. The van der Waals surface area contributed by atoms with Crippen molar-refractivity contribution in [3.63, 3.8) is 0 Å². The molecule has 0 aliphatic carbocycles. The Morgan fingerprint density at radius 3 is 2.76 bits per heavy atom.